The first-order chi connectivity index (χ1) is 14.5. The normalized spacial score (nSPS) is 13.3. The van der Waals surface area contributed by atoms with Gasteiger partial charge in [0.25, 0.3) is 5.91 Å². The van der Waals surface area contributed by atoms with Crippen molar-refractivity contribution < 1.29 is 18.7 Å². The highest BCUT2D eigenvalue weighted by molar-refractivity contribution is 6.04. The predicted molar refractivity (Wildman–Crippen MR) is 111 cm³/mol. The standard InChI is InChI=1S/C24H23FN2O3/c1-2-27(14-16-6-5-7-18(25)12-16)23(28)15-30-24(29)20-13-22(17-10-11-17)26-21-9-4-3-8-19(20)21/h3-9,12-13,17H,2,10-11,14-15H2,1H3. The Morgan fingerprint density at radius 1 is 1.13 bits per heavy atom. The van der Waals surface area contributed by atoms with Gasteiger partial charge in [-0.2, -0.15) is 0 Å². The van der Waals surface area contributed by atoms with Crippen molar-refractivity contribution in [2.24, 2.45) is 0 Å². The molecule has 0 saturated heterocycles. The zero-order valence-electron chi connectivity index (χ0n) is 16.8. The summed E-state index contributed by atoms with van der Waals surface area (Å²) in [6, 6.07) is 15.3. The maximum Gasteiger partial charge on any atom is 0.339 e. The number of pyridine rings is 1. The Bertz CT molecular complexity index is 1090. The number of likely N-dealkylation sites (N-methyl/N-ethyl adjacent to an activating group) is 1. The van der Waals surface area contributed by atoms with Gasteiger partial charge in [0.1, 0.15) is 5.82 Å². The van der Waals surface area contributed by atoms with Crippen molar-refractivity contribution in [1.82, 2.24) is 9.88 Å². The van der Waals surface area contributed by atoms with Crippen molar-refractivity contribution in [1.29, 1.82) is 0 Å². The zero-order valence-corrected chi connectivity index (χ0v) is 16.8. The first kappa shape index (κ1) is 20.0. The number of carbonyl (C=O) groups excluding carboxylic acids is 2. The van der Waals surface area contributed by atoms with Crippen LogP contribution in [0, 0.1) is 5.82 Å². The number of ether oxygens (including phenoxy) is 1. The van der Waals surface area contributed by atoms with Crippen LogP contribution in [0.5, 0.6) is 0 Å². The average molecular weight is 406 g/mol. The Labute approximate surface area is 174 Å². The van der Waals surface area contributed by atoms with Gasteiger partial charge >= 0.3 is 5.97 Å². The van der Waals surface area contributed by atoms with Crippen molar-refractivity contribution >= 4 is 22.8 Å². The van der Waals surface area contributed by atoms with Crippen molar-refractivity contribution in [3.63, 3.8) is 0 Å². The molecule has 0 unspecified atom stereocenters. The van der Waals surface area contributed by atoms with E-state index in [4.69, 9.17) is 4.74 Å². The summed E-state index contributed by atoms with van der Waals surface area (Å²) in [7, 11) is 0. The monoisotopic (exact) mass is 406 g/mol. The third kappa shape index (κ3) is 4.48. The van der Waals surface area contributed by atoms with Gasteiger partial charge in [0.05, 0.1) is 11.1 Å². The molecule has 154 valence electrons. The number of hydrogen-bond acceptors (Lipinski definition) is 4. The van der Waals surface area contributed by atoms with Gasteiger partial charge < -0.3 is 9.64 Å². The molecular formula is C24H23FN2O3. The van der Waals surface area contributed by atoms with Crippen LogP contribution in [0.3, 0.4) is 0 Å². The van der Waals surface area contributed by atoms with Gasteiger partial charge in [-0.15, -0.1) is 0 Å². The number of amides is 1. The molecule has 6 heteroatoms. The highest BCUT2D eigenvalue weighted by atomic mass is 19.1. The molecule has 0 bridgehead atoms. The molecule has 4 rings (SSSR count). The van der Waals surface area contributed by atoms with E-state index in [0.717, 1.165) is 24.1 Å². The topological polar surface area (TPSA) is 59.5 Å². The number of carbonyl (C=O) groups is 2. The second-order valence-electron chi connectivity index (χ2n) is 7.50. The second kappa shape index (κ2) is 8.61. The Morgan fingerprint density at radius 3 is 2.67 bits per heavy atom. The van der Waals surface area contributed by atoms with E-state index in [2.05, 4.69) is 4.98 Å². The lowest BCUT2D eigenvalue weighted by molar-refractivity contribution is -0.134. The SMILES string of the molecule is CCN(Cc1cccc(F)c1)C(=O)COC(=O)c1cc(C2CC2)nc2ccccc12. The summed E-state index contributed by atoms with van der Waals surface area (Å²) in [6.07, 6.45) is 2.15. The Morgan fingerprint density at radius 2 is 1.93 bits per heavy atom. The van der Waals surface area contributed by atoms with Crippen LogP contribution in [0.15, 0.2) is 54.6 Å². The lowest BCUT2D eigenvalue weighted by Gasteiger charge is -2.21. The van der Waals surface area contributed by atoms with Gasteiger partial charge in [0.15, 0.2) is 6.61 Å². The first-order valence-corrected chi connectivity index (χ1v) is 10.1. The zero-order chi connectivity index (χ0) is 21.1. The van der Waals surface area contributed by atoms with Gasteiger partial charge in [-0.25, -0.2) is 9.18 Å². The molecule has 0 aliphatic heterocycles. The van der Waals surface area contributed by atoms with Crippen molar-refractivity contribution in [2.45, 2.75) is 32.2 Å². The van der Waals surface area contributed by atoms with Crippen LogP contribution in [-0.4, -0.2) is 34.9 Å². The molecule has 1 fully saturated rings. The highest BCUT2D eigenvalue weighted by Gasteiger charge is 2.27. The Kier molecular flexibility index (Phi) is 5.74. The molecule has 1 aromatic heterocycles. The summed E-state index contributed by atoms with van der Waals surface area (Å²) in [4.78, 5) is 31.6. The van der Waals surface area contributed by atoms with Gasteiger partial charge in [0, 0.05) is 30.1 Å². The van der Waals surface area contributed by atoms with E-state index in [1.165, 1.54) is 17.0 Å². The number of fused-ring (bicyclic) bond motifs is 1. The molecule has 2 aromatic carbocycles. The summed E-state index contributed by atoms with van der Waals surface area (Å²) in [5.74, 6) is -0.815. The molecule has 0 spiro atoms. The third-order valence-corrected chi connectivity index (χ3v) is 5.28. The number of halogens is 1. The number of esters is 1. The first-order valence-electron chi connectivity index (χ1n) is 10.1. The fraction of sp³-hybridized carbons (Fsp3) is 0.292. The molecule has 0 radical (unpaired) electrons. The third-order valence-electron chi connectivity index (χ3n) is 5.28. The number of hydrogen-bond donors (Lipinski definition) is 0. The van der Waals surface area contributed by atoms with Gasteiger partial charge in [-0.3, -0.25) is 9.78 Å². The molecule has 3 aromatic rings. The van der Waals surface area contributed by atoms with Crippen LogP contribution in [0.25, 0.3) is 10.9 Å². The molecule has 1 amide bonds. The highest BCUT2D eigenvalue weighted by Crippen LogP contribution is 2.40. The second-order valence-corrected chi connectivity index (χ2v) is 7.50. The molecule has 5 nitrogen and oxygen atoms in total. The van der Waals surface area contributed by atoms with Gasteiger partial charge in [-0.05, 0) is 49.6 Å². The maximum atomic E-state index is 13.4. The number of benzene rings is 2. The molecule has 1 aliphatic rings. The molecule has 1 saturated carbocycles. The van der Waals surface area contributed by atoms with Crippen molar-refractivity contribution in [2.75, 3.05) is 13.2 Å². The quantitative estimate of drug-likeness (QED) is 0.544. The van der Waals surface area contributed by atoms with Crippen molar-refractivity contribution in [3.05, 3.63) is 77.2 Å². The summed E-state index contributed by atoms with van der Waals surface area (Å²) in [5.41, 5.74) is 2.77. The van der Waals surface area contributed by atoms with E-state index in [-0.39, 0.29) is 24.9 Å². The summed E-state index contributed by atoms with van der Waals surface area (Å²) >= 11 is 0. The number of rotatable bonds is 7. The molecule has 1 aliphatic carbocycles. The van der Waals surface area contributed by atoms with Crippen LogP contribution in [0.1, 0.15) is 47.3 Å². The minimum absolute atomic E-state index is 0.259. The summed E-state index contributed by atoms with van der Waals surface area (Å²) < 4.78 is 18.8. The smallest absolute Gasteiger partial charge is 0.339 e. The van der Waals surface area contributed by atoms with Gasteiger partial charge in [0.2, 0.25) is 0 Å². The molecule has 0 atom stereocenters. The Hall–Kier alpha value is -3.28. The van der Waals surface area contributed by atoms with E-state index in [1.54, 1.807) is 18.2 Å². The summed E-state index contributed by atoms with van der Waals surface area (Å²) in [6.45, 7) is 2.15. The lowest BCUT2D eigenvalue weighted by Crippen LogP contribution is -2.34. The fourth-order valence-electron chi connectivity index (χ4n) is 3.48. The number of nitrogens with zero attached hydrogens (tertiary/aromatic N) is 2. The summed E-state index contributed by atoms with van der Waals surface area (Å²) in [5, 5.41) is 0.714. The van der Waals surface area contributed by atoms with Crippen LogP contribution in [-0.2, 0) is 16.1 Å². The van der Waals surface area contributed by atoms with Crippen LogP contribution in [0.4, 0.5) is 4.39 Å². The average Bonchev–Trinajstić information content (AvgIpc) is 3.60. The van der Waals surface area contributed by atoms with E-state index in [9.17, 15) is 14.0 Å². The number of aromatic nitrogens is 1. The largest absolute Gasteiger partial charge is 0.452 e. The molecular weight excluding hydrogens is 383 g/mol. The fourth-order valence-corrected chi connectivity index (χ4v) is 3.48. The van der Waals surface area contributed by atoms with Crippen molar-refractivity contribution in [3.8, 4) is 0 Å². The molecule has 0 N–H and O–H groups in total. The molecule has 30 heavy (non-hydrogen) atoms. The predicted octanol–water partition coefficient (Wildman–Crippen LogP) is 4.46. The Balaban J connectivity index is 1.46. The lowest BCUT2D eigenvalue weighted by atomic mass is 10.1. The van der Waals surface area contributed by atoms with Crippen LogP contribution >= 0.6 is 0 Å². The number of para-hydroxylation sites is 1. The van der Waals surface area contributed by atoms with Crippen LogP contribution in [0.2, 0.25) is 0 Å². The van der Waals surface area contributed by atoms with Crippen LogP contribution < -0.4 is 0 Å². The van der Waals surface area contributed by atoms with E-state index in [0.29, 0.717) is 29.0 Å². The van der Waals surface area contributed by atoms with E-state index >= 15 is 0 Å². The molecule has 1 heterocycles. The van der Waals surface area contributed by atoms with E-state index < -0.39 is 5.97 Å². The van der Waals surface area contributed by atoms with E-state index in [1.807, 2.05) is 31.2 Å². The van der Waals surface area contributed by atoms with Gasteiger partial charge in [-0.1, -0.05) is 30.3 Å². The maximum absolute atomic E-state index is 13.4. The minimum Gasteiger partial charge on any atom is -0.452 e. The minimum atomic E-state index is -0.536.